The van der Waals surface area contributed by atoms with E-state index >= 15 is 0 Å². The Balaban J connectivity index is 0.000000146. The summed E-state index contributed by atoms with van der Waals surface area (Å²) in [5, 5.41) is 3.99. The summed E-state index contributed by atoms with van der Waals surface area (Å²) >= 11 is 0. The average molecular weight is 1240 g/mol. The molecule has 0 unspecified atom stereocenters. The molecule has 21 heteroatoms. The van der Waals surface area contributed by atoms with Gasteiger partial charge in [-0.3, -0.25) is 0 Å². The summed E-state index contributed by atoms with van der Waals surface area (Å²) in [4.78, 5) is 0. The van der Waals surface area contributed by atoms with Crippen LogP contribution in [0.2, 0.25) is 0 Å². The maximum atomic E-state index is 6.49. The Kier molecular flexibility index (Phi) is 20.7. The predicted molar refractivity (Wildman–Crippen MR) is 343 cm³/mol. The predicted octanol–water partition coefficient (Wildman–Crippen LogP) is 17.7. The van der Waals surface area contributed by atoms with Gasteiger partial charge in [0.25, 0.3) is 8.53 Å². The zero-order valence-corrected chi connectivity index (χ0v) is 57.6. The first-order valence-electron chi connectivity index (χ1n) is 29.2. The first-order valence-corrected chi connectivity index (χ1v) is 34.3. The minimum Gasteiger partial charge on any atom is -0.496 e. The highest BCUT2D eigenvalue weighted by molar-refractivity contribution is 7.46. The van der Waals surface area contributed by atoms with E-state index in [0.29, 0.717) is 12.1 Å². The fourth-order valence-electron chi connectivity index (χ4n) is 11.7. The molecule has 6 aromatic rings. The number of hydrogen-bond acceptors (Lipinski definition) is 17. The van der Waals surface area contributed by atoms with E-state index in [1.165, 1.54) is 24.0 Å². The van der Waals surface area contributed by atoms with Crippen LogP contribution in [0.15, 0.2) is 89.6 Å². The third-order valence-electron chi connectivity index (χ3n) is 15.5. The van der Waals surface area contributed by atoms with E-state index in [2.05, 4.69) is 114 Å². The molecule has 1 saturated carbocycles. The molecule has 4 saturated heterocycles. The maximum absolute atomic E-state index is 6.49. The van der Waals surface area contributed by atoms with Crippen molar-refractivity contribution in [3.63, 3.8) is 0 Å². The summed E-state index contributed by atoms with van der Waals surface area (Å²) in [6.07, 6.45) is 3.90. The van der Waals surface area contributed by atoms with Gasteiger partial charge in [-0.25, -0.2) is 14.0 Å². The molecule has 5 aliphatic rings. The lowest BCUT2D eigenvalue weighted by Gasteiger charge is -2.40. The van der Waals surface area contributed by atoms with Gasteiger partial charge in [-0.1, -0.05) is 36.4 Å². The van der Waals surface area contributed by atoms with Crippen LogP contribution in [0.1, 0.15) is 134 Å². The number of methoxy groups -OCH3 is 2. The van der Waals surface area contributed by atoms with Crippen LogP contribution in [-0.4, -0.2) is 124 Å². The molecule has 2 aromatic heterocycles. The molecule has 0 N–H and O–H groups in total. The van der Waals surface area contributed by atoms with Gasteiger partial charge in [0.05, 0.1) is 47.4 Å². The summed E-state index contributed by atoms with van der Waals surface area (Å²) in [6, 6.07) is 24.4. The van der Waals surface area contributed by atoms with Gasteiger partial charge >= 0.3 is 16.3 Å². The summed E-state index contributed by atoms with van der Waals surface area (Å²) in [5.41, 5.74) is 3.95. The Morgan fingerprint density at radius 3 is 1.12 bits per heavy atom. The Hall–Kier alpha value is -3.30. The van der Waals surface area contributed by atoms with E-state index in [4.69, 9.17) is 63.3 Å². The fraction of sp³-hybridized carbons (Fsp3) is 0.619. The molecule has 4 aliphatic heterocycles. The number of ether oxygens (including phenoxy) is 6. The Labute approximate surface area is 503 Å². The zero-order valence-electron chi connectivity index (χ0n) is 54.1. The third-order valence-corrected chi connectivity index (χ3v) is 22.2. The van der Waals surface area contributed by atoms with E-state index in [9.17, 15) is 0 Å². The number of nitrogens with zero attached hydrogens (tertiary/aromatic N) is 3. The molecule has 1 aliphatic carbocycles. The van der Waals surface area contributed by atoms with Crippen LogP contribution in [-0.2, 0) is 37.0 Å². The van der Waals surface area contributed by atoms with Crippen LogP contribution in [0.25, 0.3) is 43.9 Å². The molecule has 0 bridgehead atoms. The Bertz CT molecular complexity index is 3120. The minimum atomic E-state index is -1.24. The lowest BCUT2D eigenvalue weighted by Crippen LogP contribution is -2.50. The van der Waals surface area contributed by atoms with E-state index in [1.54, 1.807) is 14.2 Å². The maximum Gasteiger partial charge on any atom is 0.309 e. The molecule has 4 atom stereocenters. The van der Waals surface area contributed by atoms with Gasteiger partial charge in [-0.2, -0.15) is 0 Å². The van der Waals surface area contributed by atoms with Crippen molar-refractivity contribution in [2.24, 2.45) is 0 Å². The third kappa shape index (κ3) is 14.4. The highest BCUT2D eigenvalue weighted by Crippen LogP contribution is 2.60. The van der Waals surface area contributed by atoms with Crippen molar-refractivity contribution in [1.29, 1.82) is 0 Å². The van der Waals surface area contributed by atoms with Crippen molar-refractivity contribution in [3.8, 4) is 11.5 Å². The second-order valence-electron chi connectivity index (χ2n) is 25.8. The van der Waals surface area contributed by atoms with Crippen LogP contribution in [0.4, 0.5) is 0 Å². The van der Waals surface area contributed by atoms with Gasteiger partial charge in [-0.15, -0.1) is 0 Å². The SMILES string of the molecule is CC(C)N(C(C)C)P1OC(C)(C)[C@@H]2OC(C)(C)O[C@H]2C(C)(C)O1.COc1cccc2op(N(C)C)oc3cccc(OC)c3c12.CP1OC(C)(C)[C@@H]2OC3(CCCC3)O[C@H]2C(C)(C)O1.Cc1cccc2op(N(C)C)oc3cccc(C)c3c12. The molecule has 0 amide bonds. The van der Waals surface area contributed by atoms with Crippen LogP contribution in [0.5, 0.6) is 11.5 Å². The lowest BCUT2D eigenvalue weighted by molar-refractivity contribution is -0.192. The second-order valence-corrected chi connectivity index (χ2v) is 31.6. The van der Waals surface area contributed by atoms with Gasteiger partial charge < -0.3 is 63.3 Å². The van der Waals surface area contributed by atoms with Crippen molar-refractivity contribution in [1.82, 2.24) is 4.67 Å². The molecule has 4 aromatic carbocycles. The van der Waals surface area contributed by atoms with Crippen LogP contribution < -0.4 is 18.8 Å². The van der Waals surface area contributed by atoms with Gasteiger partial charge in [0.15, 0.2) is 19.9 Å². The van der Waals surface area contributed by atoms with Crippen molar-refractivity contribution < 1.29 is 63.3 Å². The first kappa shape index (κ1) is 66.6. The quantitative estimate of drug-likeness (QED) is 0.139. The smallest absolute Gasteiger partial charge is 0.309 e. The zero-order chi connectivity index (χ0) is 61.6. The number of benzene rings is 4. The highest BCUT2D eigenvalue weighted by atomic mass is 31.2. The lowest BCUT2D eigenvalue weighted by atomic mass is 9.88. The standard InChI is InChI=1S/C17H34NO4P.C16H18NO4P.C16H18NO2P.C14H25O4P/c1-11(2)18(12(3)4)23-21-15(5,6)13-14(16(7,8)22-23)20-17(9,10)19-13;1-17(2)22-20-13-9-5-7-11(18-3)15(13)16-12(19-4)8-6-10-14(16)21-22;1-11-7-5-9-13-15(11)16-12(2)8-6-10-14(16)19-20(18-13)17(3)4;1-12(2)10-11(13(3,4)18-19(5)17-12)16-14(15-10)8-6-7-9-14/h11-14H,1-10H3;5-10H,1-4H3;5-10H,1-4H3;10-11H,6-9H2,1-5H3/t13-,14-;;;10-,11-/m1..1/s1. The Morgan fingerprint density at radius 2 is 0.786 bits per heavy atom. The Morgan fingerprint density at radius 1 is 0.464 bits per heavy atom. The minimum absolute atomic E-state index is 0.0620. The van der Waals surface area contributed by atoms with Gasteiger partial charge in [-0.05, 0) is 171 Å². The molecular formula is C63H95N3O14P4. The van der Waals surface area contributed by atoms with E-state index in [0.717, 1.165) is 68.2 Å². The van der Waals surface area contributed by atoms with Gasteiger partial charge in [0.2, 0.25) is 0 Å². The molecule has 11 rings (SSSR count). The first-order chi connectivity index (χ1) is 39.2. The fourth-order valence-corrected chi connectivity index (χ4v) is 17.3. The largest absolute Gasteiger partial charge is 0.496 e. The van der Waals surface area contributed by atoms with E-state index < -0.39 is 50.2 Å². The number of fused-ring (bicyclic) bond motifs is 8. The average Bonchev–Trinajstić information content (AvgIpc) is 1.79. The molecule has 6 heterocycles. The highest BCUT2D eigenvalue weighted by Gasteiger charge is 2.62. The molecule has 17 nitrogen and oxygen atoms in total. The van der Waals surface area contributed by atoms with Crippen LogP contribution >= 0.6 is 33.2 Å². The van der Waals surface area contributed by atoms with Crippen LogP contribution in [0.3, 0.4) is 0 Å². The normalized spacial score (nSPS) is 23.9. The van der Waals surface area contributed by atoms with Crippen LogP contribution in [0, 0.1) is 13.8 Å². The molecule has 1 spiro atoms. The molecule has 466 valence electrons. The molecule has 5 fully saturated rings. The van der Waals surface area contributed by atoms with E-state index in [-0.39, 0.29) is 41.4 Å². The summed E-state index contributed by atoms with van der Waals surface area (Å²) in [7, 11) is 6.62. The van der Waals surface area contributed by atoms with Crippen molar-refractivity contribution in [2.75, 3.05) is 58.4 Å². The second kappa shape index (κ2) is 26.0. The summed E-state index contributed by atoms with van der Waals surface area (Å²) in [6.45, 7) is 35.5. The number of rotatable bonds is 7. The molecule has 84 heavy (non-hydrogen) atoms. The van der Waals surface area contributed by atoms with Crippen molar-refractivity contribution in [2.45, 2.75) is 207 Å². The molecule has 0 radical (unpaired) electrons. The van der Waals surface area contributed by atoms with Crippen molar-refractivity contribution in [3.05, 3.63) is 83.9 Å². The van der Waals surface area contributed by atoms with Gasteiger partial charge in [0.1, 0.15) is 58.2 Å². The number of aryl methyl sites for hydroxylation is 2. The van der Waals surface area contributed by atoms with Gasteiger partial charge in [0, 0.05) is 70.6 Å². The summed E-state index contributed by atoms with van der Waals surface area (Å²) < 4.78 is 91.9. The summed E-state index contributed by atoms with van der Waals surface area (Å²) in [5.74, 6) is 0.446. The number of hydrogen-bond donors (Lipinski definition) is 0. The topological polar surface area (TPSA) is 155 Å². The monoisotopic (exact) mass is 1240 g/mol. The van der Waals surface area contributed by atoms with E-state index in [1.807, 2.05) is 119 Å². The molecular weight excluding hydrogens is 1150 g/mol. The van der Waals surface area contributed by atoms with Crippen molar-refractivity contribution >= 4 is 77.1 Å².